The van der Waals surface area contributed by atoms with Gasteiger partial charge in [0.1, 0.15) is 5.01 Å². The number of ether oxygens (including phenoxy) is 1. The maximum atomic E-state index is 5.30. The Hall–Kier alpha value is -2.25. The van der Waals surface area contributed by atoms with Gasteiger partial charge in [0.2, 0.25) is 0 Å². The average Bonchev–Trinajstić information content (AvgIpc) is 3.22. The number of thiazole rings is 1. The third kappa shape index (κ3) is 3.80. The molecule has 1 aromatic carbocycles. The zero-order valence-corrected chi connectivity index (χ0v) is 14.8. The summed E-state index contributed by atoms with van der Waals surface area (Å²) in [5.41, 5.74) is 3.35. The molecule has 0 amide bonds. The Labute approximate surface area is 144 Å². The van der Waals surface area contributed by atoms with E-state index < -0.39 is 0 Å². The van der Waals surface area contributed by atoms with E-state index in [0.29, 0.717) is 25.0 Å². The third-order valence-electron chi connectivity index (χ3n) is 3.77. The van der Waals surface area contributed by atoms with Crippen molar-refractivity contribution in [3.63, 3.8) is 0 Å². The van der Waals surface area contributed by atoms with Crippen molar-refractivity contribution in [1.82, 2.24) is 15.1 Å². The molecule has 0 radical (unpaired) electrons. The van der Waals surface area contributed by atoms with Crippen molar-refractivity contribution >= 4 is 17.4 Å². The minimum absolute atomic E-state index is 0.0816. The standard InChI is InChI=1S/C17H20N4O2S/c1-11-6-4-5-7-14(11)12(2)16-20-17(23-21-16)18-8-13-10-24-15(19-13)9-22-3/h4-7,10,12H,8-9H2,1-3H3,(H,18,20,21). The molecule has 1 atom stereocenters. The lowest BCUT2D eigenvalue weighted by Crippen LogP contribution is -2.03. The fourth-order valence-corrected chi connectivity index (χ4v) is 3.24. The van der Waals surface area contributed by atoms with Gasteiger partial charge in [0, 0.05) is 18.4 Å². The Morgan fingerprint density at radius 2 is 2.12 bits per heavy atom. The Balaban J connectivity index is 1.63. The van der Waals surface area contributed by atoms with Gasteiger partial charge in [-0.2, -0.15) is 4.98 Å². The summed E-state index contributed by atoms with van der Waals surface area (Å²) in [5.74, 6) is 0.753. The van der Waals surface area contributed by atoms with E-state index in [1.165, 1.54) is 11.1 Å². The van der Waals surface area contributed by atoms with E-state index >= 15 is 0 Å². The second-order valence-electron chi connectivity index (χ2n) is 5.56. The zero-order chi connectivity index (χ0) is 16.9. The molecule has 0 saturated carbocycles. The number of nitrogens with zero attached hydrogens (tertiary/aromatic N) is 3. The Bertz CT molecular complexity index is 799. The van der Waals surface area contributed by atoms with E-state index in [-0.39, 0.29) is 5.92 Å². The van der Waals surface area contributed by atoms with Crippen LogP contribution < -0.4 is 5.32 Å². The highest BCUT2D eigenvalue weighted by atomic mass is 32.1. The van der Waals surface area contributed by atoms with Gasteiger partial charge >= 0.3 is 6.01 Å². The van der Waals surface area contributed by atoms with Crippen LogP contribution in [0.5, 0.6) is 0 Å². The minimum Gasteiger partial charge on any atom is -0.378 e. The molecule has 2 aromatic heterocycles. The van der Waals surface area contributed by atoms with Crippen LogP contribution >= 0.6 is 11.3 Å². The number of methoxy groups -OCH3 is 1. The number of benzene rings is 1. The molecule has 0 spiro atoms. The quantitative estimate of drug-likeness (QED) is 0.704. The molecular formula is C17H20N4O2S. The Morgan fingerprint density at radius 3 is 2.92 bits per heavy atom. The first-order valence-corrected chi connectivity index (χ1v) is 8.60. The predicted molar refractivity (Wildman–Crippen MR) is 93.1 cm³/mol. The van der Waals surface area contributed by atoms with E-state index in [1.54, 1.807) is 18.4 Å². The number of anilines is 1. The smallest absolute Gasteiger partial charge is 0.321 e. The zero-order valence-electron chi connectivity index (χ0n) is 13.9. The van der Waals surface area contributed by atoms with E-state index in [0.717, 1.165) is 10.7 Å². The topological polar surface area (TPSA) is 73.1 Å². The van der Waals surface area contributed by atoms with Gasteiger partial charge in [-0.1, -0.05) is 36.3 Å². The van der Waals surface area contributed by atoms with Crippen molar-refractivity contribution in [2.75, 3.05) is 12.4 Å². The van der Waals surface area contributed by atoms with Gasteiger partial charge in [-0.25, -0.2) is 4.98 Å². The Kier molecular flexibility index (Phi) is 5.22. The maximum Gasteiger partial charge on any atom is 0.321 e. The molecular weight excluding hydrogens is 324 g/mol. The minimum atomic E-state index is 0.0816. The largest absolute Gasteiger partial charge is 0.378 e. The number of hydrogen-bond acceptors (Lipinski definition) is 7. The fourth-order valence-electron chi connectivity index (χ4n) is 2.48. The fraction of sp³-hybridized carbons (Fsp3) is 0.353. The van der Waals surface area contributed by atoms with E-state index in [1.807, 2.05) is 17.5 Å². The molecule has 0 saturated heterocycles. The Morgan fingerprint density at radius 1 is 1.29 bits per heavy atom. The highest BCUT2D eigenvalue weighted by molar-refractivity contribution is 7.09. The summed E-state index contributed by atoms with van der Waals surface area (Å²) >= 11 is 1.58. The van der Waals surface area contributed by atoms with Gasteiger partial charge in [0.05, 0.1) is 18.8 Å². The molecule has 0 fully saturated rings. The van der Waals surface area contributed by atoms with Crippen LogP contribution in [0.2, 0.25) is 0 Å². The van der Waals surface area contributed by atoms with Crippen molar-refractivity contribution < 1.29 is 9.26 Å². The number of rotatable bonds is 7. The van der Waals surface area contributed by atoms with Gasteiger partial charge in [0.15, 0.2) is 5.82 Å². The third-order valence-corrected chi connectivity index (χ3v) is 4.64. The molecule has 2 heterocycles. The molecule has 0 aliphatic rings. The van der Waals surface area contributed by atoms with Gasteiger partial charge in [0.25, 0.3) is 0 Å². The molecule has 6 nitrogen and oxygen atoms in total. The van der Waals surface area contributed by atoms with Crippen molar-refractivity contribution in [3.8, 4) is 0 Å². The van der Waals surface area contributed by atoms with Crippen LogP contribution in [-0.2, 0) is 17.9 Å². The molecule has 3 rings (SSSR count). The van der Waals surface area contributed by atoms with Crippen LogP contribution in [0.25, 0.3) is 0 Å². The van der Waals surface area contributed by atoms with E-state index in [9.17, 15) is 0 Å². The molecule has 1 N–H and O–H groups in total. The van der Waals surface area contributed by atoms with Crippen LogP contribution in [0.15, 0.2) is 34.2 Å². The molecule has 7 heteroatoms. The lowest BCUT2D eigenvalue weighted by Gasteiger charge is -2.09. The summed E-state index contributed by atoms with van der Waals surface area (Å²) in [4.78, 5) is 8.91. The number of aryl methyl sites for hydroxylation is 1. The molecule has 1 unspecified atom stereocenters. The first-order chi connectivity index (χ1) is 11.7. The molecule has 24 heavy (non-hydrogen) atoms. The van der Waals surface area contributed by atoms with Crippen LogP contribution in [0.4, 0.5) is 6.01 Å². The van der Waals surface area contributed by atoms with Gasteiger partial charge in [-0.3, -0.25) is 0 Å². The summed E-state index contributed by atoms with van der Waals surface area (Å²) in [6.45, 7) is 5.24. The normalized spacial score (nSPS) is 12.3. The van der Waals surface area contributed by atoms with Crippen LogP contribution in [-0.4, -0.2) is 22.2 Å². The summed E-state index contributed by atoms with van der Waals surface area (Å²) in [6.07, 6.45) is 0. The van der Waals surface area contributed by atoms with Crippen LogP contribution in [0.3, 0.4) is 0 Å². The molecule has 0 aliphatic heterocycles. The highest BCUT2D eigenvalue weighted by Gasteiger charge is 2.17. The van der Waals surface area contributed by atoms with Gasteiger partial charge in [-0.05, 0) is 18.1 Å². The lowest BCUT2D eigenvalue weighted by atomic mass is 9.96. The van der Waals surface area contributed by atoms with Crippen molar-refractivity contribution in [3.05, 3.63) is 57.3 Å². The second kappa shape index (κ2) is 7.55. The summed E-state index contributed by atoms with van der Waals surface area (Å²) in [6, 6.07) is 8.64. The van der Waals surface area contributed by atoms with E-state index in [2.05, 4.69) is 46.4 Å². The summed E-state index contributed by atoms with van der Waals surface area (Å²) in [7, 11) is 1.66. The summed E-state index contributed by atoms with van der Waals surface area (Å²) in [5, 5.41) is 10.2. The van der Waals surface area contributed by atoms with Crippen molar-refractivity contribution in [2.45, 2.75) is 32.9 Å². The first kappa shape index (κ1) is 16.6. The molecule has 126 valence electrons. The number of hydrogen-bond donors (Lipinski definition) is 1. The van der Waals surface area contributed by atoms with Gasteiger partial charge < -0.3 is 14.6 Å². The maximum absolute atomic E-state index is 5.30. The molecule has 0 bridgehead atoms. The monoisotopic (exact) mass is 344 g/mol. The lowest BCUT2D eigenvalue weighted by molar-refractivity contribution is 0.184. The predicted octanol–water partition coefficient (Wildman–Crippen LogP) is 3.74. The number of aromatic nitrogens is 3. The average molecular weight is 344 g/mol. The van der Waals surface area contributed by atoms with Crippen molar-refractivity contribution in [2.24, 2.45) is 0 Å². The second-order valence-corrected chi connectivity index (χ2v) is 6.50. The first-order valence-electron chi connectivity index (χ1n) is 7.72. The number of nitrogens with one attached hydrogen (secondary N) is 1. The highest BCUT2D eigenvalue weighted by Crippen LogP contribution is 2.25. The van der Waals surface area contributed by atoms with Crippen molar-refractivity contribution in [1.29, 1.82) is 0 Å². The molecule has 3 aromatic rings. The van der Waals surface area contributed by atoms with Gasteiger partial charge in [-0.15, -0.1) is 11.3 Å². The molecule has 0 aliphatic carbocycles. The van der Waals surface area contributed by atoms with E-state index in [4.69, 9.17) is 9.26 Å². The van der Waals surface area contributed by atoms with Crippen LogP contribution in [0.1, 0.15) is 40.5 Å². The summed E-state index contributed by atoms with van der Waals surface area (Å²) < 4.78 is 10.4. The SMILES string of the molecule is COCc1nc(CNc2nc(C(C)c3ccccc3C)no2)cs1. The van der Waals surface area contributed by atoms with Crippen LogP contribution in [0, 0.1) is 6.92 Å².